The van der Waals surface area contributed by atoms with E-state index in [1.54, 1.807) is 27.2 Å². The molecular formula is C23H23F3N4O2S. The van der Waals surface area contributed by atoms with Crippen LogP contribution in [0.3, 0.4) is 0 Å². The minimum absolute atomic E-state index is 0.102. The van der Waals surface area contributed by atoms with Crippen LogP contribution in [0.5, 0.6) is 0 Å². The predicted molar refractivity (Wildman–Crippen MR) is 121 cm³/mol. The molecule has 4 rings (SSSR count). The number of benzene rings is 2. The average Bonchev–Trinajstić information content (AvgIpc) is 3.20. The highest BCUT2D eigenvalue weighted by Crippen LogP contribution is 2.31. The summed E-state index contributed by atoms with van der Waals surface area (Å²) in [4.78, 5) is 13.1. The summed E-state index contributed by atoms with van der Waals surface area (Å²) in [6.07, 6.45) is -3.66. The number of hydrogen-bond acceptors (Lipinski definition) is 5. The maximum atomic E-state index is 13.1. The van der Waals surface area contributed by atoms with Gasteiger partial charge in [-0.2, -0.15) is 13.2 Å². The lowest BCUT2D eigenvalue weighted by atomic mass is 10.1. The Morgan fingerprint density at radius 2 is 1.88 bits per heavy atom. The molecule has 0 saturated carbocycles. The van der Waals surface area contributed by atoms with Gasteiger partial charge in [0.25, 0.3) is 5.56 Å². The highest BCUT2D eigenvalue weighted by molar-refractivity contribution is 7.98. The third-order valence-corrected chi connectivity index (χ3v) is 6.08. The van der Waals surface area contributed by atoms with Crippen molar-refractivity contribution in [2.24, 2.45) is 0 Å². The van der Waals surface area contributed by atoms with E-state index in [-0.39, 0.29) is 17.4 Å². The zero-order valence-electron chi connectivity index (χ0n) is 18.2. The van der Waals surface area contributed by atoms with Gasteiger partial charge in [0.05, 0.1) is 22.6 Å². The fraction of sp³-hybridized carbons (Fsp3) is 0.348. The lowest BCUT2D eigenvalue weighted by Gasteiger charge is -2.12. The highest BCUT2D eigenvalue weighted by atomic mass is 32.2. The van der Waals surface area contributed by atoms with E-state index in [2.05, 4.69) is 10.2 Å². The van der Waals surface area contributed by atoms with Crippen molar-refractivity contribution < 1.29 is 17.9 Å². The van der Waals surface area contributed by atoms with Crippen molar-refractivity contribution in [1.82, 2.24) is 19.2 Å². The number of nitrogens with zero attached hydrogens (tertiary/aromatic N) is 4. The molecule has 0 amide bonds. The van der Waals surface area contributed by atoms with Crippen molar-refractivity contribution >= 4 is 28.4 Å². The fourth-order valence-corrected chi connectivity index (χ4v) is 4.44. The Labute approximate surface area is 192 Å². The normalized spacial score (nSPS) is 12.3. The Morgan fingerprint density at radius 1 is 1.09 bits per heavy atom. The molecule has 2 aromatic heterocycles. The van der Waals surface area contributed by atoms with Crippen LogP contribution in [0.1, 0.15) is 31.4 Å². The van der Waals surface area contributed by atoms with E-state index in [1.807, 2.05) is 26.0 Å². The highest BCUT2D eigenvalue weighted by Gasteiger charge is 2.30. The second-order valence-corrected chi connectivity index (χ2v) is 8.79. The molecule has 0 fully saturated rings. The minimum atomic E-state index is -4.40. The Morgan fingerprint density at radius 3 is 2.64 bits per heavy atom. The summed E-state index contributed by atoms with van der Waals surface area (Å²) >= 11 is 1.27. The summed E-state index contributed by atoms with van der Waals surface area (Å²) < 4.78 is 48.1. The van der Waals surface area contributed by atoms with E-state index in [0.29, 0.717) is 47.0 Å². The van der Waals surface area contributed by atoms with Crippen LogP contribution in [-0.4, -0.2) is 31.9 Å². The van der Waals surface area contributed by atoms with Crippen LogP contribution in [0, 0.1) is 0 Å². The van der Waals surface area contributed by atoms with Crippen LogP contribution in [0.4, 0.5) is 13.2 Å². The van der Waals surface area contributed by atoms with Crippen LogP contribution >= 0.6 is 11.8 Å². The van der Waals surface area contributed by atoms with Gasteiger partial charge in [0, 0.05) is 18.9 Å². The quantitative estimate of drug-likeness (QED) is 0.259. The van der Waals surface area contributed by atoms with Crippen molar-refractivity contribution in [3.05, 3.63) is 70.0 Å². The first kappa shape index (κ1) is 23.3. The summed E-state index contributed by atoms with van der Waals surface area (Å²) in [6, 6.07) is 12.4. The van der Waals surface area contributed by atoms with Gasteiger partial charge in [-0.1, -0.05) is 42.1 Å². The van der Waals surface area contributed by atoms with E-state index in [1.165, 1.54) is 17.8 Å². The van der Waals surface area contributed by atoms with Gasteiger partial charge in [0.2, 0.25) is 5.78 Å². The molecule has 0 aliphatic heterocycles. The average molecular weight is 477 g/mol. The molecule has 2 heterocycles. The van der Waals surface area contributed by atoms with Crippen molar-refractivity contribution in [3.63, 3.8) is 0 Å². The van der Waals surface area contributed by atoms with Crippen LogP contribution in [0.25, 0.3) is 16.7 Å². The molecule has 6 nitrogen and oxygen atoms in total. The van der Waals surface area contributed by atoms with Crippen LogP contribution in [-0.2, 0) is 23.2 Å². The van der Waals surface area contributed by atoms with Crippen LogP contribution in [0.15, 0.2) is 58.5 Å². The molecule has 0 aliphatic rings. The van der Waals surface area contributed by atoms with Gasteiger partial charge in [-0.15, -0.1) is 10.2 Å². The molecule has 10 heteroatoms. The van der Waals surface area contributed by atoms with Gasteiger partial charge in [-0.3, -0.25) is 13.8 Å². The molecule has 2 aromatic carbocycles. The molecule has 0 bridgehead atoms. The first-order valence-corrected chi connectivity index (χ1v) is 11.5. The third kappa shape index (κ3) is 5.06. The third-order valence-electron chi connectivity index (χ3n) is 5.08. The fourth-order valence-electron chi connectivity index (χ4n) is 3.56. The summed E-state index contributed by atoms with van der Waals surface area (Å²) in [7, 11) is 0. The molecule has 33 heavy (non-hydrogen) atoms. The van der Waals surface area contributed by atoms with Gasteiger partial charge in [-0.25, -0.2) is 0 Å². The largest absolute Gasteiger partial charge is 0.416 e. The van der Waals surface area contributed by atoms with Gasteiger partial charge in [-0.05, 0) is 44.0 Å². The van der Waals surface area contributed by atoms with E-state index in [9.17, 15) is 18.0 Å². The molecule has 174 valence electrons. The molecule has 0 spiro atoms. The van der Waals surface area contributed by atoms with Crippen LogP contribution < -0.4 is 5.56 Å². The maximum Gasteiger partial charge on any atom is 0.416 e. The summed E-state index contributed by atoms with van der Waals surface area (Å²) in [5.74, 6) is 0.676. The zero-order valence-corrected chi connectivity index (χ0v) is 19.0. The van der Waals surface area contributed by atoms with Crippen molar-refractivity contribution in [2.45, 2.75) is 50.0 Å². The van der Waals surface area contributed by atoms with Gasteiger partial charge in [0.15, 0.2) is 5.16 Å². The van der Waals surface area contributed by atoms with E-state index in [4.69, 9.17) is 4.74 Å². The number of thioether (sulfide) groups is 1. The molecule has 0 unspecified atom stereocenters. The first-order chi connectivity index (χ1) is 15.8. The van der Waals surface area contributed by atoms with Gasteiger partial charge >= 0.3 is 6.18 Å². The van der Waals surface area contributed by atoms with Crippen molar-refractivity contribution in [3.8, 4) is 0 Å². The van der Waals surface area contributed by atoms with E-state index in [0.717, 1.165) is 12.1 Å². The number of rotatable bonds is 8. The summed E-state index contributed by atoms with van der Waals surface area (Å²) in [5, 5.41) is 9.53. The lowest BCUT2D eigenvalue weighted by Crippen LogP contribution is -2.24. The Hall–Kier alpha value is -2.85. The number of halogens is 3. The lowest BCUT2D eigenvalue weighted by molar-refractivity contribution is -0.137. The molecule has 0 radical (unpaired) electrons. The summed E-state index contributed by atoms with van der Waals surface area (Å²) in [6.45, 7) is 4.82. The van der Waals surface area contributed by atoms with Crippen LogP contribution in [0.2, 0.25) is 0 Å². The van der Waals surface area contributed by atoms with E-state index < -0.39 is 11.7 Å². The van der Waals surface area contributed by atoms with Gasteiger partial charge in [0.1, 0.15) is 0 Å². The minimum Gasteiger partial charge on any atom is -0.379 e. The molecule has 0 aliphatic carbocycles. The maximum absolute atomic E-state index is 13.1. The Kier molecular flexibility index (Phi) is 6.76. The summed E-state index contributed by atoms with van der Waals surface area (Å²) in [5.41, 5.74) is 0.331. The smallest absolute Gasteiger partial charge is 0.379 e. The molecule has 0 atom stereocenters. The molecule has 4 aromatic rings. The number of fused-ring (bicyclic) bond motifs is 3. The van der Waals surface area contributed by atoms with E-state index >= 15 is 0 Å². The predicted octanol–water partition coefficient (Wildman–Crippen LogP) is 5.17. The number of hydrogen-bond donors (Lipinski definition) is 0. The zero-order chi connectivity index (χ0) is 23.6. The topological polar surface area (TPSA) is 61.4 Å². The Bertz CT molecular complexity index is 1330. The van der Waals surface area contributed by atoms with Gasteiger partial charge < -0.3 is 4.74 Å². The number of para-hydroxylation sites is 1. The molecule has 0 N–H and O–H groups in total. The monoisotopic (exact) mass is 476 g/mol. The number of aromatic nitrogens is 4. The second kappa shape index (κ2) is 9.56. The second-order valence-electron chi connectivity index (χ2n) is 7.85. The standard InChI is InChI=1S/C23H23F3N4O2S/c1-15(2)32-12-6-11-29-20(31)18-9-3-4-10-19(18)30-21(29)27-28-22(30)33-14-16-7-5-8-17(13-16)23(24,25)26/h3-5,7-10,13,15H,6,11-12,14H2,1-2H3. The van der Waals surface area contributed by atoms with Crippen molar-refractivity contribution in [1.29, 1.82) is 0 Å². The number of alkyl halides is 3. The first-order valence-electron chi connectivity index (χ1n) is 10.5. The molecule has 0 saturated heterocycles. The SMILES string of the molecule is CC(C)OCCCn1c(=O)c2ccccc2n2c(SCc3cccc(C(F)(F)F)c3)nnc12. The number of aryl methyl sites for hydroxylation is 1. The number of ether oxygens (including phenoxy) is 1. The molecular weight excluding hydrogens is 453 g/mol. The van der Waals surface area contributed by atoms with Crippen molar-refractivity contribution in [2.75, 3.05) is 6.61 Å². The Balaban J connectivity index is 1.68.